The zero-order valence-electron chi connectivity index (χ0n) is 12.6. The Morgan fingerprint density at radius 1 is 0.800 bits per heavy atom. The third-order valence-corrected chi connectivity index (χ3v) is 7.86. The van der Waals surface area contributed by atoms with Crippen molar-refractivity contribution in [1.29, 1.82) is 0 Å². The number of nitrogens with zero attached hydrogens (tertiary/aromatic N) is 1. The predicted octanol–water partition coefficient (Wildman–Crippen LogP) is 1.95. The van der Waals surface area contributed by atoms with Crippen molar-refractivity contribution in [2.45, 2.75) is 15.0 Å². The van der Waals surface area contributed by atoms with Crippen LogP contribution < -0.4 is 0 Å². The normalized spacial score (nSPS) is 16.6. The van der Waals surface area contributed by atoms with Crippen molar-refractivity contribution >= 4 is 19.9 Å². The van der Waals surface area contributed by atoms with Crippen LogP contribution in [-0.4, -0.2) is 39.5 Å². The second kappa shape index (κ2) is 6.11. The first kappa shape index (κ1) is 17.9. The Morgan fingerprint density at radius 3 is 1.92 bits per heavy atom. The third kappa shape index (κ3) is 3.16. The van der Waals surface area contributed by atoms with Crippen LogP contribution in [0.25, 0.3) is 0 Å². The topological polar surface area (TPSA) is 71.5 Å². The summed E-state index contributed by atoms with van der Waals surface area (Å²) in [5, 5.41) is -0.988. The number of sulfonamides is 1. The van der Waals surface area contributed by atoms with Crippen LogP contribution in [0.5, 0.6) is 0 Å². The lowest BCUT2D eigenvalue weighted by Crippen LogP contribution is -2.56. The fraction of sp³-hybridized carbons (Fsp3) is 0.200. The first-order valence-corrected chi connectivity index (χ1v) is 10.1. The van der Waals surface area contributed by atoms with E-state index in [-0.39, 0.29) is 18.0 Å². The Kier molecular flexibility index (Phi) is 4.38. The van der Waals surface area contributed by atoms with Gasteiger partial charge in [-0.15, -0.1) is 0 Å². The van der Waals surface area contributed by atoms with E-state index < -0.39 is 47.5 Å². The van der Waals surface area contributed by atoms with Gasteiger partial charge in [0.1, 0.15) is 5.82 Å². The molecule has 2 aromatic carbocycles. The maximum Gasteiger partial charge on any atom is 0.243 e. The van der Waals surface area contributed by atoms with E-state index in [1.165, 1.54) is 0 Å². The van der Waals surface area contributed by atoms with Gasteiger partial charge in [-0.05, 0) is 42.5 Å². The van der Waals surface area contributed by atoms with Crippen LogP contribution in [-0.2, 0) is 19.9 Å². The molecule has 0 aliphatic carbocycles. The van der Waals surface area contributed by atoms with Crippen LogP contribution in [0.15, 0.2) is 52.3 Å². The molecule has 1 aliphatic rings. The van der Waals surface area contributed by atoms with Gasteiger partial charge in [0.2, 0.25) is 10.0 Å². The first-order chi connectivity index (χ1) is 11.6. The summed E-state index contributed by atoms with van der Waals surface area (Å²) in [7, 11) is -7.94. The van der Waals surface area contributed by atoms with E-state index in [2.05, 4.69) is 0 Å². The molecule has 10 heteroatoms. The lowest BCUT2D eigenvalue weighted by molar-refractivity contribution is 0.309. The Bertz CT molecular complexity index is 1020. The van der Waals surface area contributed by atoms with Crippen molar-refractivity contribution in [1.82, 2.24) is 4.31 Å². The van der Waals surface area contributed by atoms with E-state index in [0.29, 0.717) is 12.1 Å². The van der Waals surface area contributed by atoms with Crippen molar-refractivity contribution in [3.8, 4) is 0 Å². The van der Waals surface area contributed by atoms with E-state index in [0.717, 1.165) is 34.6 Å². The van der Waals surface area contributed by atoms with Gasteiger partial charge in [0.05, 0.1) is 15.0 Å². The summed E-state index contributed by atoms with van der Waals surface area (Å²) >= 11 is 0. The molecule has 0 atom stereocenters. The van der Waals surface area contributed by atoms with E-state index in [9.17, 15) is 30.0 Å². The van der Waals surface area contributed by atoms with Crippen LogP contribution in [0.1, 0.15) is 0 Å². The number of rotatable bonds is 4. The van der Waals surface area contributed by atoms with Gasteiger partial charge < -0.3 is 0 Å². The molecule has 0 amide bonds. The molecule has 0 saturated carbocycles. The predicted molar refractivity (Wildman–Crippen MR) is 82.5 cm³/mol. The average molecular weight is 391 g/mol. The molecular weight excluding hydrogens is 379 g/mol. The number of benzene rings is 2. The zero-order chi connectivity index (χ0) is 18.4. The van der Waals surface area contributed by atoms with Gasteiger partial charge in [-0.1, -0.05) is 0 Å². The van der Waals surface area contributed by atoms with Crippen molar-refractivity contribution in [2.75, 3.05) is 13.1 Å². The quantitative estimate of drug-likeness (QED) is 0.747. The molecule has 3 rings (SSSR count). The van der Waals surface area contributed by atoms with E-state index in [4.69, 9.17) is 0 Å². The van der Waals surface area contributed by atoms with Gasteiger partial charge in [0, 0.05) is 13.1 Å². The maximum atomic E-state index is 13.2. The second-order valence-corrected chi connectivity index (χ2v) is 9.68. The van der Waals surface area contributed by atoms with Crippen LogP contribution in [0.4, 0.5) is 13.2 Å². The highest BCUT2D eigenvalue weighted by Gasteiger charge is 2.44. The van der Waals surface area contributed by atoms with Crippen molar-refractivity contribution in [3.63, 3.8) is 0 Å². The Balaban J connectivity index is 1.79. The lowest BCUT2D eigenvalue weighted by Gasteiger charge is -2.37. The molecule has 1 saturated heterocycles. The average Bonchev–Trinajstić information content (AvgIpc) is 2.48. The van der Waals surface area contributed by atoms with Gasteiger partial charge in [-0.3, -0.25) is 0 Å². The standard InChI is InChI=1S/C15H12F3NO4S2/c16-10-1-3-11(4-2-10)24(20,21)13-8-19(9-13)25(22,23)12-5-6-14(17)15(18)7-12/h1-7,13H,8-9H2. The van der Waals surface area contributed by atoms with Crippen LogP contribution in [0, 0.1) is 17.5 Å². The number of halogens is 3. The van der Waals surface area contributed by atoms with E-state index in [1.807, 2.05) is 0 Å². The Labute approximate surface area is 142 Å². The van der Waals surface area contributed by atoms with Crippen LogP contribution in [0.3, 0.4) is 0 Å². The molecule has 1 heterocycles. The van der Waals surface area contributed by atoms with Crippen molar-refractivity contribution in [2.24, 2.45) is 0 Å². The number of hydrogen-bond acceptors (Lipinski definition) is 4. The second-order valence-electron chi connectivity index (χ2n) is 5.52. The lowest BCUT2D eigenvalue weighted by atomic mass is 10.3. The molecule has 2 aromatic rings. The summed E-state index contributed by atoms with van der Waals surface area (Å²) in [6, 6.07) is 6.37. The largest absolute Gasteiger partial charge is 0.243 e. The number of hydrogen-bond donors (Lipinski definition) is 0. The molecule has 1 aliphatic heterocycles. The molecule has 5 nitrogen and oxygen atoms in total. The van der Waals surface area contributed by atoms with Gasteiger partial charge in [0.25, 0.3) is 0 Å². The maximum absolute atomic E-state index is 13.2. The monoisotopic (exact) mass is 391 g/mol. The van der Waals surface area contributed by atoms with Crippen molar-refractivity contribution in [3.05, 3.63) is 59.9 Å². The van der Waals surface area contributed by atoms with E-state index >= 15 is 0 Å². The summed E-state index contributed by atoms with van der Waals surface area (Å²) < 4.78 is 89.3. The Hall–Kier alpha value is -1.91. The van der Waals surface area contributed by atoms with Gasteiger partial charge in [0.15, 0.2) is 21.5 Å². The van der Waals surface area contributed by atoms with Crippen molar-refractivity contribution < 1.29 is 30.0 Å². The fourth-order valence-corrected chi connectivity index (χ4v) is 5.78. The molecule has 0 N–H and O–H groups in total. The molecular formula is C15H12F3NO4S2. The highest BCUT2D eigenvalue weighted by atomic mass is 32.2. The minimum atomic E-state index is -4.12. The molecule has 0 unspecified atom stereocenters. The highest BCUT2D eigenvalue weighted by Crippen LogP contribution is 2.29. The molecule has 0 aromatic heterocycles. The SMILES string of the molecule is O=S(=O)(c1ccc(F)cc1)C1CN(S(=O)(=O)c2ccc(F)c(F)c2)C1. The summed E-state index contributed by atoms with van der Waals surface area (Å²) in [5.74, 6) is -3.08. The van der Waals surface area contributed by atoms with Gasteiger partial charge >= 0.3 is 0 Å². The van der Waals surface area contributed by atoms with Crippen LogP contribution >= 0.6 is 0 Å². The third-order valence-electron chi connectivity index (χ3n) is 3.92. The first-order valence-electron chi connectivity index (χ1n) is 7.07. The molecule has 25 heavy (non-hydrogen) atoms. The molecule has 0 spiro atoms. The molecule has 1 fully saturated rings. The number of sulfone groups is 1. The zero-order valence-corrected chi connectivity index (χ0v) is 14.2. The van der Waals surface area contributed by atoms with Crippen LogP contribution in [0.2, 0.25) is 0 Å². The van der Waals surface area contributed by atoms with E-state index in [1.54, 1.807) is 0 Å². The van der Waals surface area contributed by atoms with Gasteiger partial charge in [-0.25, -0.2) is 30.0 Å². The Morgan fingerprint density at radius 2 is 1.36 bits per heavy atom. The molecule has 0 bridgehead atoms. The summed E-state index contributed by atoms with van der Waals surface area (Å²) in [6.45, 7) is -0.637. The minimum absolute atomic E-state index is 0.108. The minimum Gasteiger partial charge on any atom is -0.223 e. The molecule has 0 radical (unpaired) electrons. The van der Waals surface area contributed by atoms with Gasteiger partial charge in [-0.2, -0.15) is 4.31 Å². The molecule has 134 valence electrons. The summed E-state index contributed by atoms with van der Waals surface area (Å²) in [4.78, 5) is -0.562. The highest BCUT2D eigenvalue weighted by molar-refractivity contribution is 7.92. The smallest absolute Gasteiger partial charge is 0.223 e. The fourth-order valence-electron chi connectivity index (χ4n) is 2.40. The summed E-state index contributed by atoms with van der Waals surface area (Å²) in [5.41, 5.74) is 0. The summed E-state index contributed by atoms with van der Waals surface area (Å²) in [6.07, 6.45) is 0.